The van der Waals surface area contributed by atoms with Gasteiger partial charge in [0.25, 0.3) is 0 Å². The fourth-order valence-electron chi connectivity index (χ4n) is 2.76. The van der Waals surface area contributed by atoms with E-state index in [9.17, 15) is 0 Å². The third kappa shape index (κ3) is 2.14. The number of fused-ring (bicyclic) bond motifs is 2. The normalized spacial score (nSPS) is 33.8. The second-order valence-electron chi connectivity index (χ2n) is 4.40. The number of rotatable bonds is 1. The molecular weight excluding hydrogens is 233 g/mol. The summed E-state index contributed by atoms with van der Waals surface area (Å²) in [5.41, 5.74) is 0. The minimum absolute atomic E-state index is 0. The summed E-state index contributed by atoms with van der Waals surface area (Å²) in [6.07, 6.45) is 8.73. The largest absolute Gasteiger partial charge is 0.311 e. The van der Waals surface area contributed by atoms with Gasteiger partial charge >= 0.3 is 0 Å². The lowest BCUT2D eigenvalue weighted by molar-refractivity contribution is 0.281. The van der Waals surface area contributed by atoms with Crippen LogP contribution >= 0.6 is 24.0 Å². The predicted molar refractivity (Wildman–Crippen MR) is 62.7 cm³/mol. The van der Waals surface area contributed by atoms with Crippen LogP contribution in [0.1, 0.15) is 31.7 Å². The van der Waals surface area contributed by atoms with E-state index in [1.807, 2.05) is 10.9 Å². The van der Waals surface area contributed by atoms with Crippen LogP contribution < -0.4 is 5.32 Å². The second-order valence-corrected chi connectivity index (χ2v) is 4.84. The maximum Gasteiger partial charge on any atom is 0.0785 e. The molecule has 0 aromatic carbocycles. The zero-order valence-corrected chi connectivity index (χ0v) is 9.97. The Morgan fingerprint density at radius 2 is 2.00 bits per heavy atom. The molecule has 2 aliphatic rings. The average molecular weight is 248 g/mol. The van der Waals surface area contributed by atoms with Crippen molar-refractivity contribution in [1.82, 2.24) is 15.1 Å². The zero-order valence-electron chi connectivity index (χ0n) is 8.40. The lowest BCUT2D eigenvalue weighted by Crippen LogP contribution is -2.38. The van der Waals surface area contributed by atoms with Gasteiger partial charge in [-0.2, -0.15) is 5.10 Å². The number of nitrogens with one attached hydrogen (secondary N) is 1. The van der Waals surface area contributed by atoms with E-state index in [1.165, 1.54) is 25.7 Å². The van der Waals surface area contributed by atoms with E-state index in [0.29, 0.717) is 18.1 Å². The van der Waals surface area contributed by atoms with Gasteiger partial charge in [-0.05, 0) is 25.7 Å². The summed E-state index contributed by atoms with van der Waals surface area (Å²) in [6.45, 7) is 0. The van der Waals surface area contributed by atoms with Gasteiger partial charge in [-0.25, -0.2) is 0 Å². The predicted octanol–water partition coefficient (Wildman–Crippen LogP) is 2.41. The van der Waals surface area contributed by atoms with Crippen molar-refractivity contribution in [3.8, 4) is 0 Å². The Morgan fingerprint density at radius 1 is 1.33 bits per heavy atom. The number of aromatic nitrogens is 2. The molecule has 3 nitrogen and oxygen atoms in total. The van der Waals surface area contributed by atoms with Crippen molar-refractivity contribution >= 4 is 24.0 Å². The first-order chi connectivity index (χ1) is 6.81. The topological polar surface area (TPSA) is 29.9 Å². The van der Waals surface area contributed by atoms with Crippen LogP contribution in [0.4, 0.5) is 0 Å². The highest BCUT2D eigenvalue weighted by atomic mass is 35.5. The smallest absolute Gasteiger partial charge is 0.0785 e. The first-order valence-corrected chi connectivity index (χ1v) is 5.65. The van der Waals surface area contributed by atoms with Crippen molar-refractivity contribution in [2.24, 2.45) is 0 Å². The van der Waals surface area contributed by atoms with Gasteiger partial charge in [0.15, 0.2) is 0 Å². The summed E-state index contributed by atoms with van der Waals surface area (Å²) in [4.78, 5) is 0. The summed E-state index contributed by atoms with van der Waals surface area (Å²) < 4.78 is 2.04. The molecule has 0 spiro atoms. The molecule has 2 unspecified atom stereocenters. The fraction of sp³-hybridized carbons (Fsp3) is 0.700. The standard InChI is InChI=1S/C10H14ClN3.ClH/c11-7-5-12-14(6-7)10-3-8-1-2-9(4-10)13-8;/h5-6,8-10,13H,1-4H2;1H. The molecular formula is C10H15Cl2N3. The molecule has 1 aromatic rings. The van der Waals surface area contributed by atoms with Crippen LogP contribution in [0.5, 0.6) is 0 Å². The van der Waals surface area contributed by atoms with E-state index in [1.54, 1.807) is 6.20 Å². The van der Waals surface area contributed by atoms with Crippen molar-refractivity contribution in [1.29, 1.82) is 0 Å². The third-order valence-corrected chi connectivity index (χ3v) is 3.59. The van der Waals surface area contributed by atoms with E-state index in [4.69, 9.17) is 11.6 Å². The quantitative estimate of drug-likeness (QED) is 0.827. The molecule has 3 rings (SSSR count). The summed E-state index contributed by atoms with van der Waals surface area (Å²) >= 11 is 5.87. The first-order valence-electron chi connectivity index (χ1n) is 5.27. The Bertz CT molecular complexity index is 327. The molecule has 0 aliphatic carbocycles. The third-order valence-electron chi connectivity index (χ3n) is 3.39. The van der Waals surface area contributed by atoms with Crippen molar-refractivity contribution in [3.05, 3.63) is 17.4 Å². The molecule has 0 amide bonds. The fourth-order valence-corrected chi connectivity index (χ4v) is 2.90. The first kappa shape index (κ1) is 11.2. The van der Waals surface area contributed by atoms with Crippen molar-refractivity contribution in [2.45, 2.75) is 43.8 Å². The molecule has 15 heavy (non-hydrogen) atoms. The molecule has 84 valence electrons. The second kappa shape index (κ2) is 4.32. The number of halogens is 2. The van der Waals surface area contributed by atoms with Crippen LogP contribution in [0.3, 0.4) is 0 Å². The van der Waals surface area contributed by atoms with Gasteiger partial charge in [0.1, 0.15) is 0 Å². The average Bonchev–Trinajstić information content (AvgIpc) is 2.73. The molecule has 2 saturated heterocycles. The number of hydrogen-bond donors (Lipinski definition) is 1. The van der Waals surface area contributed by atoms with Gasteiger partial charge < -0.3 is 5.32 Å². The highest BCUT2D eigenvalue weighted by Crippen LogP contribution is 2.33. The van der Waals surface area contributed by atoms with E-state index < -0.39 is 0 Å². The number of nitrogens with zero attached hydrogens (tertiary/aromatic N) is 2. The van der Waals surface area contributed by atoms with Gasteiger partial charge in [0, 0.05) is 18.3 Å². The Labute approximate surface area is 101 Å². The Balaban J connectivity index is 0.000000853. The lowest BCUT2D eigenvalue weighted by Gasteiger charge is -2.29. The van der Waals surface area contributed by atoms with Gasteiger partial charge in [0.05, 0.1) is 17.3 Å². The molecule has 3 heterocycles. The molecule has 2 aliphatic heterocycles. The van der Waals surface area contributed by atoms with Gasteiger partial charge in [-0.15, -0.1) is 12.4 Å². The number of hydrogen-bond acceptors (Lipinski definition) is 2. The molecule has 0 saturated carbocycles. The lowest BCUT2D eigenvalue weighted by atomic mass is 10.0. The van der Waals surface area contributed by atoms with E-state index in [-0.39, 0.29) is 12.4 Å². The molecule has 2 bridgehead atoms. The van der Waals surface area contributed by atoms with E-state index in [2.05, 4.69) is 10.4 Å². The van der Waals surface area contributed by atoms with Crippen LogP contribution in [0.15, 0.2) is 12.4 Å². The highest BCUT2D eigenvalue weighted by Gasteiger charge is 2.34. The maximum atomic E-state index is 5.87. The van der Waals surface area contributed by atoms with Crippen LogP contribution in [-0.4, -0.2) is 21.9 Å². The van der Waals surface area contributed by atoms with Gasteiger partial charge in [-0.1, -0.05) is 11.6 Å². The summed E-state index contributed by atoms with van der Waals surface area (Å²) in [7, 11) is 0. The molecule has 0 radical (unpaired) electrons. The summed E-state index contributed by atoms with van der Waals surface area (Å²) in [5, 5.41) is 8.66. The SMILES string of the molecule is Cl.Clc1cnn(C2CC3CCC(C2)N3)c1. The van der Waals surface area contributed by atoms with Gasteiger partial charge in [-0.3, -0.25) is 4.68 Å². The van der Waals surface area contributed by atoms with Crippen LogP contribution in [0.2, 0.25) is 5.02 Å². The zero-order chi connectivity index (χ0) is 9.54. The molecule has 5 heteroatoms. The van der Waals surface area contributed by atoms with Crippen LogP contribution in [0.25, 0.3) is 0 Å². The maximum absolute atomic E-state index is 5.87. The Hall–Kier alpha value is -0.250. The van der Waals surface area contributed by atoms with Gasteiger partial charge in [0.2, 0.25) is 0 Å². The summed E-state index contributed by atoms with van der Waals surface area (Å²) in [6, 6.07) is 1.98. The molecule has 2 atom stereocenters. The molecule has 2 fully saturated rings. The van der Waals surface area contributed by atoms with Crippen LogP contribution in [0, 0.1) is 0 Å². The molecule has 1 aromatic heterocycles. The highest BCUT2D eigenvalue weighted by molar-refractivity contribution is 6.30. The summed E-state index contributed by atoms with van der Waals surface area (Å²) in [5.74, 6) is 0. The minimum Gasteiger partial charge on any atom is -0.311 e. The van der Waals surface area contributed by atoms with E-state index >= 15 is 0 Å². The molecule has 1 N–H and O–H groups in total. The van der Waals surface area contributed by atoms with E-state index in [0.717, 1.165) is 5.02 Å². The Kier molecular flexibility index (Phi) is 3.24. The van der Waals surface area contributed by atoms with Crippen LogP contribution in [-0.2, 0) is 0 Å². The van der Waals surface area contributed by atoms with Crippen molar-refractivity contribution in [3.63, 3.8) is 0 Å². The van der Waals surface area contributed by atoms with Crippen molar-refractivity contribution in [2.75, 3.05) is 0 Å². The monoisotopic (exact) mass is 247 g/mol. The van der Waals surface area contributed by atoms with Crippen molar-refractivity contribution < 1.29 is 0 Å². The minimum atomic E-state index is 0. The number of piperidine rings is 1. The Morgan fingerprint density at radius 3 is 2.53 bits per heavy atom.